The molecule has 0 radical (unpaired) electrons. The first kappa shape index (κ1) is 12.2. The molecule has 0 aliphatic carbocycles. The number of nitrogens with zero attached hydrogens (tertiary/aromatic N) is 3. The molecule has 1 aromatic heterocycles. The zero-order chi connectivity index (χ0) is 13.0. The number of hydrogen-bond acceptors (Lipinski definition) is 5. The predicted molar refractivity (Wildman–Crippen MR) is 75.6 cm³/mol. The third kappa shape index (κ3) is 2.51. The Morgan fingerprint density at radius 2 is 1.89 bits per heavy atom. The Bertz CT molecular complexity index is 479. The maximum atomic E-state index is 4.27. The highest BCUT2D eigenvalue weighted by Crippen LogP contribution is 2.24. The van der Waals surface area contributed by atoms with Crippen molar-refractivity contribution in [1.29, 1.82) is 0 Å². The van der Waals surface area contributed by atoms with Crippen LogP contribution in [0, 0.1) is 0 Å². The zero-order valence-corrected chi connectivity index (χ0v) is 10.8. The van der Waals surface area contributed by atoms with Gasteiger partial charge < -0.3 is 15.5 Å². The minimum atomic E-state index is 0.802. The van der Waals surface area contributed by atoms with Crippen LogP contribution in [-0.4, -0.2) is 31.1 Å². The van der Waals surface area contributed by atoms with E-state index in [2.05, 4.69) is 26.7 Å². The summed E-state index contributed by atoms with van der Waals surface area (Å²) in [4.78, 5) is 10.4. The van der Waals surface area contributed by atoms with Gasteiger partial charge in [0.1, 0.15) is 18.0 Å². The molecular formula is C13H17N5. The zero-order valence-electron chi connectivity index (χ0n) is 10.8. The highest BCUT2D eigenvalue weighted by Gasteiger charge is 2.06. The van der Waals surface area contributed by atoms with E-state index < -0.39 is 0 Å². The minimum absolute atomic E-state index is 0.802. The third-order valence-electron chi connectivity index (χ3n) is 2.77. The van der Waals surface area contributed by atoms with Crippen molar-refractivity contribution in [3.8, 4) is 0 Å². The second-order valence-electron chi connectivity index (χ2n) is 3.87. The highest BCUT2D eigenvalue weighted by atomic mass is 15.2. The SMILES string of the molecule is CNc1cccc(N(C)c2cc(NC)ncn2)c1. The van der Waals surface area contributed by atoms with Crippen molar-refractivity contribution in [2.75, 3.05) is 36.7 Å². The fourth-order valence-corrected chi connectivity index (χ4v) is 1.67. The number of hydrogen-bond donors (Lipinski definition) is 2. The normalized spacial score (nSPS) is 9.94. The van der Waals surface area contributed by atoms with Gasteiger partial charge in [0.15, 0.2) is 0 Å². The summed E-state index contributed by atoms with van der Waals surface area (Å²) in [6, 6.07) is 10.1. The van der Waals surface area contributed by atoms with Crippen LogP contribution in [0.4, 0.5) is 23.0 Å². The molecule has 0 saturated carbocycles. The van der Waals surface area contributed by atoms with E-state index in [0.29, 0.717) is 0 Å². The lowest BCUT2D eigenvalue weighted by molar-refractivity contribution is 1.08. The van der Waals surface area contributed by atoms with Gasteiger partial charge in [-0.05, 0) is 18.2 Å². The van der Waals surface area contributed by atoms with Crippen LogP contribution in [0.15, 0.2) is 36.7 Å². The third-order valence-corrected chi connectivity index (χ3v) is 2.77. The van der Waals surface area contributed by atoms with E-state index >= 15 is 0 Å². The average Bonchev–Trinajstić information content (AvgIpc) is 2.46. The van der Waals surface area contributed by atoms with E-state index in [9.17, 15) is 0 Å². The maximum Gasteiger partial charge on any atom is 0.138 e. The molecule has 1 aromatic carbocycles. The van der Waals surface area contributed by atoms with Crippen LogP contribution >= 0.6 is 0 Å². The summed E-state index contributed by atoms with van der Waals surface area (Å²) in [5, 5.41) is 6.13. The molecule has 0 atom stereocenters. The van der Waals surface area contributed by atoms with Crippen LogP contribution in [0.2, 0.25) is 0 Å². The number of anilines is 4. The summed E-state index contributed by atoms with van der Waals surface area (Å²) >= 11 is 0. The van der Waals surface area contributed by atoms with Gasteiger partial charge in [-0.2, -0.15) is 0 Å². The second kappa shape index (κ2) is 5.35. The molecule has 0 aliphatic rings. The summed E-state index contributed by atoms with van der Waals surface area (Å²) in [6.45, 7) is 0. The van der Waals surface area contributed by atoms with Gasteiger partial charge in [-0.15, -0.1) is 0 Å². The van der Waals surface area contributed by atoms with Crippen LogP contribution in [-0.2, 0) is 0 Å². The lowest BCUT2D eigenvalue weighted by Crippen LogP contribution is -2.12. The van der Waals surface area contributed by atoms with Crippen LogP contribution < -0.4 is 15.5 Å². The van der Waals surface area contributed by atoms with Gasteiger partial charge >= 0.3 is 0 Å². The molecule has 5 heteroatoms. The van der Waals surface area contributed by atoms with Crippen molar-refractivity contribution in [3.05, 3.63) is 36.7 Å². The molecule has 94 valence electrons. The number of aromatic nitrogens is 2. The second-order valence-corrected chi connectivity index (χ2v) is 3.87. The number of rotatable bonds is 4. The standard InChI is InChI=1S/C13H17N5/c1-14-10-5-4-6-11(7-10)18(3)13-8-12(15-2)16-9-17-13/h4-9,14H,1-3H3,(H,15,16,17). The molecule has 0 saturated heterocycles. The molecule has 5 nitrogen and oxygen atoms in total. The largest absolute Gasteiger partial charge is 0.388 e. The van der Waals surface area contributed by atoms with Gasteiger partial charge in [-0.1, -0.05) is 6.07 Å². The van der Waals surface area contributed by atoms with E-state index in [0.717, 1.165) is 23.0 Å². The van der Waals surface area contributed by atoms with Gasteiger partial charge in [-0.25, -0.2) is 9.97 Å². The van der Waals surface area contributed by atoms with Crippen molar-refractivity contribution in [1.82, 2.24) is 9.97 Å². The predicted octanol–water partition coefficient (Wildman–Crippen LogP) is 2.33. The average molecular weight is 243 g/mol. The monoisotopic (exact) mass is 243 g/mol. The summed E-state index contributed by atoms with van der Waals surface area (Å²) in [6.07, 6.45) is 1.56. The Kier molecular flexibility index (Phi) is 3.62. The van der Waals surface area contributed by atoms with Gasteiger partial charge in [0.2, 0.25) is 0 Å². The molecular weight excluding hydrogens is 226 g/mol. The Morgan fingerprint density at radius 1 is 1.06 bits per heavy atom. The Labute approximate surface area is 107 Å². The van der Waals surface area contributed by atoms with Crippen molar-refractivity contribution in [3.63, 3.8) is 0 Å². The fourth-order valence-electron chi connectivity index (χ4n) is 1.67. The van der Waals surface area contributed by atoms with Gasteiger partial charge in [0.05, 0.1) is 0 Å². The fraction of sp³-hybridized carbons (Fsp3) is 0.231. The molecule has 0 spiro atoms. The molecule has 1 heterocycles. The number of nitrogens with one attached hydrogen (secondary N) is 2. The van der Waals surface area contributed by atoms with Gasteiger partial charge in [-0.3, -0.25) is 0 Å². The van der Waals surface area contributed by atoms with Crippen LogP contribution in [0.25, 0.3) is 0 Å². The van der Waals surface area contributed by atoms with E-state index in [-0.39, 0.29) is 0 Å². The molecule has 2 N–H and O–H groups in total. The minimum Gasteiger partial charge on any atom is -0.388 e. The van der Waals surface area contributed by atoms with E-state index in [1.54, 1.807) is 6.33 Å². The first-order chi connectivity index (χ1) is 8.74. The van der Waals surface area contributed by atoms with Crippen molar-refractivity contribution in [2.24, 2.45) is 0 Å². The molecule has 0 amide bonds. The molecule has 0 bridgehead atoms. The topological polar surface area (TPSA) is 53.1 Å². The van der Waals surface area contributed by atoms with Crippen LogP contribution in [0.1, 0.15) is 0 Å². The summed E-state index contributed by atoms with van der Waals surface area (Å²) in [5.74, 6) is 1.65. The van der Waals surface area contributed by atoms with E-state index in [4.69, 9.17) is 0 Å². The van der Waals surface area contributed by atoms with E-state index in [1.165, 1.54) is 0 Å². The first-order valence-corrected chi connectivity index (χ1v) is 5.76. The summed E-state index contributed by atoms with van der Waals surface area (Å²) in [5.41, 5.74) is 2.14. The molecule has 18 heavy (non-hydrogen) atoms. The quantitative estimate of drug-likeness (QED) is 0.863. The molecule has 0 unspecified atom stereocenters. The smallest absolute Gasteiger partial charge is 0.138 e. The van der Waals surface area contributed by atoms with Crippen LogP contribution in [0.5, 0.6) is 0 Å². The van der Waals surface area contributed by atoms with Gasteiger partial charge in [0, 0.05) is 38.6 Å². The number of benzene rings is 1. The molecule has 0 aliphatic heterocycles. The molecule has 0 fully saturated rings. The van der Waals surface area contributed by atoms with Crippen molar-refractivity contribution in [2.45, 2.75) is 0 Å². The summed E-state index contributed by atoms with van der Waals surface area (Å²) < 4.78 is 0. The first-order valence-electron chi connectivity index (χ1n) is 5.76. The highest BCUT2D eigenvalue weighted by molar-refractivity contribution is 5.65. The summed E-state index contributed by atoms with van der Waals surface area (Å²) in [7, 11) is 5.73. The van der Waals surface area contributed by atoms with Crippen molar-refractivity contribution < 1.29 is 0 Å². The van der Waals surface area contributed by atoms with Gasteiger partial charge in [0.25, 0.3) is 0 Å². The van der Waals surface area contributed by atoms with E-state index in [1.807, 2.05) is 50.3 Å². The van der Waals surface area contributed by atoms with Crippen molar-refractivity contribution >= 4 is 23.0 Å². The molecule has 2 aromatic rings. The lowest BCUT2D eigenvalue weighted by atomic mass is 10.2. The Morgan fingerprint density at radius 3 is 2.61 bits per heavy atom. The lowest BCUT2D eigenvalue weighted by Gasteiger charge is -2.19. The maximum absolute atomic E-state index is 4.27. The Balaban J connectivity index is 2.31. The Hall–Kier alpha value is -2.30. The molecule has 2 rings (SSSR count). The van der Waals surface area contributed by atoms with Crippen LogP contribution in [0.3, 0.4) is 0 Å².